The van der Waals surface area contributed by atoms with Crippen LogP contribution in [0.5, 0.6) is 0 Å². The Kier molecular flexibility index (Phi) is 3.79. The van der Waals surface area contributed by atoms with E-state index in [9.17, 15) is 0 Å². The van der Waals surface area contributed by atoms with Crippen molar-refractivity contribution in [3.8, 4) is 0 Å². The molecule has 1 aliphatic heterocycles. The highest BCUT2D eigenvalue weighted by molar-refractivity contribution is 5.82. The third kappa shape index (κ3) is 2.67. The molecule has 1 aliphatic rings. The van der Waals surface area contributed by atoms with Crippen molar-refractivity contribution in [3.63, 3.8) is 0 Å². The van der Waals surface area contributed by atoms with E-state index in [4.69, 9.17) is 11.1 Å². The van der Waals surface area contributed by atoms with Gasteiger partial charge in [-0.2, -0.15) is 0 Å². The van der Waals surface area contributed by atoms with Gasteiger partial charge in [0, 0.05) is 19.0 Å². The Morgan fingerprint density at radius 3 is 2.71 bits per heavy atom. The lowest BCUT2D eigenvalue weighted by Gasteiger charge is -2.28. The van der Waals surface area contributed by atoms with Gasteiger partial charge in [-0.25, -0.2) is 0 Å². The maximum absolute atomic E-state index is 8.08. The van der Waals surface area contributed by atoms with Crippen molar-refractivity contribution in [3.05, 3.63) is 35.9 Å². The Morgan fingerprint density at radius 1 is 1.35 bits per heavy atom. The summed E-state index contributed by atoms with van der Waals surface area (Å²) in [5, 5.41) is 8.08. The molecule has 1 aromatic carbocycles. The normalized spacial score (nSPS) is 24.4. The molecule has 0 bridgehead atoms. The summed E-state index contributed by atoms with van der Waals surface area (Å²) in [5.74, 6) is 1.31. The Bertz CT molecular complexity index is 374. The lowest BCUT2D eigenvalue weighted by molar-refractivity contribution is 0.268. The number of hydrogen-bond donors (Lipinski definition) is 2. The standard InChI is InChI=1S/C14H21N3/c1-11-9-14(16)17(13(11)7-8-15)10-12-5-3-2-4-6-12/h2-6,11,13,16H,7-10,15H2,1H3. The third-order valence-corrected chi connectivity index (χ3v) is 3.58. The van der Waals surface area contributed by atoms with E-state index in [2.05, 4.69) is 36.1 Å². The number of nitrogens with two attached hydrogens (primary N) is 1. The summed E-state index contributed by atoms with van der Waals surface area (Å²) < 4.78 is 0. The average Bonchev–Trinajstić information content (AvgIpc) is 2.58. The van der Waals surface area contributed by atoms with Gasteiger partial charge in [0.05, 0.1) is 5.84 Å². The predicted molar refractivity (Wildman–Crippen MR) is 71.0 cm³/mol. The molecule has 0 radical (unpaired) electrons. The molecule has 2 unspecified atom stereocenters. The fourth-order valence-corrected chi connectivity index (χ4v) is 2.67. The monoisotopic (exact) mass is 231 g/mol. The van der Waals surface area contributed by atoms with Gasteiger partial charge in [-0.15, -0.1) is 0 Å². The van der Waals surface area contributed by atoms with Crippen molar-refractivity contribution in [2.24, 2.45) is 11.7 Å². The van der Waals surface area contributed by atoms with E-state index >= 15 is 0 Å². The molecule has 0 amide bonds. The summed E-state index contributed by atoms with van der Waals surface area (Å²) in [6, 6.07) is 10.8. The van der Waals surface area contributed by atoms with Crippen molar-refractivity contribution in [2.75, 3.05) is 6.54 Å². The van der Waals surface area contributed by atoms with Gasteiger partial charge in [-0.05, 0) is 24.4 Å². The number of rotatable bonds is 4. The lowest BCUT2D eigenvalue weighted by atomic mass is 10.00. The zero-order valence-corrected chi connectivity index (χ0v) is 10.4. The van der Waals surface area contributed by atoms with Crippen LogP contribution in [0.25, 0.3) is 0 Å². The average molecular weight is 231 g/mol. The van der Waals surface area contributed by atoms with Crippen molar-refractivity contribution >= 4 is 5.84 Å². The zero-order chi connectivity index (χ0) is 12.3. The van der Waals surface area contributed by atoms with E-state index in [0.717, 1.165) is 25.2 Å². The summed E-state index contributed by atoms with van der Waals surface area (Å²) in [6.07, 6.45) is 1.87. The number of benzene rings is 1. The van der Waals surface area contributed by atoms with Crippen LogP contribution in [0.3, 0.4) is 0 Å². The smallest absolute Gasteiger partial charge is 0.0966 e. The number of nitrogens with one attached hydrogen (secondary N) is 1. The number of amidine groups is 1. The van der Waals surface area contributed by atoms with Crippen LogP contribution in [-0.4, -0.2) is 23.3 Å². The minimum absolute atomic E-state index is 0.438. The van der Waals surface area contributed by atoms with Gasteiger partial charge < -0.3 is 10.6 Å². The molecule has 0 spiro atoms. The van der Waals surface area contributed by atoms with Crippen molar-refractivity contribution in [1.82, 2.24) is 4.90 Å². The molecule has 0 aliphatic carbocycles. The Hall–Kier alpha value is -1.35. The van der Waals surface area contributed by atoms with Gasteiger partial charge in [0.15, 0.2) is 0 Å². The van der Waals surface area contributed by atoms with Gasteiger partial charge in [-0.3, -0.25) is 5.41 Å². The minimum Gasteiger partial charge on any atom is -0.353 e. The molecule has 1 heterocycles. The van der Waals surface area contributed by atoms with Crippen LogP contribution in [0.2, 0.25) is 0 Å². The summed E-state index contributed by atoms with van der Waals surface area (Å²) in [5.41, 5.74) is 6.95. The molecule has 3 heteroatoms. The maximum atomic E-state index is 8.08. The van der Waals surface area contributed by atoms with Gasteiger partial charge in [0.1, 0.15) is 0 Å². The Morgan fingerprint density at radius 2 is 2.06 bits per heavy atom. The zero-order valence-electron chi connectivity index (χ0n) is 10.4. The molecule has 1 aromatic rings. The molecule has 92 valence electrons. The number of likely N-dealkylation sites (tertiary alicyclic amines) is 1. The Balaban J connectivity index is 2.10. The lowest BCUT2D eigenvalue weighted by Crippen LogP contribution is -2.35. The van der Waals surface area contributed by atoms with Gasteiger partial charge in [0.25, 0.3) is 0 Å². The highest BCUT2D eigenvalue weighted by Gasteiger charge is 2.33. The number of nitrogens with zero attached hydrogens (tertiary/aromatic N) is 1. The number of hydrogen-bond acceptors (Lipinski definition) is 2. The summed E-state index contributed by atoms with van der Waals surface area (Å²) in [4.78, 5) is 2.22. The van der Waals surface area contributed by atoms with Crippen molar-refractivity contribution in [2.45, 2.75) is 32.4 Å². The molecule has 3 nitrogen and oxygen atoms in total. The van der Waals surface area contributed by atoms with Crippen LogP contribution in [0.15, 0.2) is 30.3 Å². The topological polar surface area (TPSA) is 53.1 Å². The fraction of sp³-hybridized carbons (Fsp3) is 0.500. The van der Waals surface area contributed by atoms with Crippen LogP contribution < -0.4 is 5.73 Å². The molecule has 0 saturated carbocycles. The van der Waals surface area contributed by atoms with E-state index in [0.29, 0.717) is 18.5 Å². The van der Waals surface area contributed by atoms with E-state index in [1.807, 2.05) is 6.07 Å². The Labute approximate surface area is 103 Å². The first-order chi connectivity index (χ1) is 8.22. The SMILES string of the molecule is CC1CC(=N)N(Cc2ccccc2)C1CCN. The van der Waals surface area contributed by atoms with Crippen LogP contribution in [0, 0.1) is 11.3 Å². The van der Waals surface area contributed by atoms with Gasteiger partial charge in [0.2, 0.25) is 0 Å². The maximum Gasteiger partial charge on any atom is 0.0966 e. The van der Waals surface area contributed by atoms with Crippen molar-refractivity contribution in [1.29, 1.82) is 5.41 Å². The van der Waals surface area contributed by atoms with Crippen LogP contribution >= 0.6 is 0 Å². The van der Waals surface area contributed by atoms with E-state index in [1.54, 1.807) is 0 Å². The molecule has 17 heavy (non-hydrogen) atoms. The molecular weight excluding hydrogens is 210 g/mol. The molecule has 1 fully saturated rings. The molecule has 2 rings (SSSR count). The van der Waals surface area contributed by atoms with E-state index in [1.165, 1.54) is 5.56 Å². The first-order valence-corrected chi connectivity index (χ1v) is 6.30. The van der Waals surface area contributed by atoms with Crippen LogP contribution in [0.4, 0.5) is 0 Å². The first kappa shape index (κ1) is 12.1. The second kappa shape index (κ2) is 5.32. The second-order valence-electron chi connectivity index (χ2n) is 4.89. The van der Waals surface area contributed by atoms with Crippen LogP contribution in [-0.2, 0) is 6.54 Å². The van der Waals surface area contributed by atoms with Crippen LogP contribution in [0.1, 0.15) is 25.3 Å². The highest BCUT2D eigenvalue weighted by atomic mass is 15.2. The molecule has 2 atom stereocenters. The van der Waals surface area contributed by atoms with E-state index < -0.39 is 0 Å². The second-order valence-corrected chi connectivity index (χ2v) is 4.89. The fourth-order valence-electron chi connectivity index (χ4n) is 2.67. The predicted octanol–water partition coefficient (Wildman–Crippen LogP) is 2.22. The molecule has 0 aromatic heterocycles. The van der Waals surface area contributed by atoms with Gasteiger partial charge >= 0.3 is 0 Å². The summed E-state index contributed by atoms with van der Waals surface area (Å²) in [6.45, 7) is 3.77. The third-order valence-electron chi connectivity index (χ3n) is 3.58. The molecule has 1 saturated heterocycles. The minimum atomic E-state index is 0.438. The highest BCUT2D eigenvalue weighted by Crippen LogP contribution is 2.28. The van der Waals surface area contributed by atoms with E-state index in [-0.39, 0.29) is 0 Å². The summed E-state index contributed by atoms with van der Waals surface area (Å²) >= 11 is 0. The largest absolute Gasteiger partial charge is 0.353 e. The molecule has 3 N–H and O–H groups in total. The van der Waals surface area contributed by atoms with Crippen molar-refractivity contribution < 1.29 is 0 Å². The van der Waals surface area contributed by atoms with Gasteiger partial charge in [-0.1, -0.05) is 37.3 Å². The molecular formula is C14H21N3. The summed E-state index contributed by atoms with van der Waals surface area (Å²) in [7, 11) is 0. The first-order valence-electron chi connectivity index (χ1n) is 6.30. The quantitative estimate of drug-likeness (QED) is 0.835.